The van der Waals surface area contributed by atoms with E-state index in [-0.39, 0.29) is 5.91 Å². The highest BCUT2D eigenvalue weighted by atomic mass is 16.1. The number of carbonyl (C=O) groups is 1. The number of nitrogens with zero attached hydrogens (tertiary/aromatic N) is 1. The molecule has 4 heteroatoms. The number of hydrogen-bond acceptors (Lipinski definition) is 2. The fourth-order valence-corrected chi connectivity index (χ4v) is 2.82. The van der Waals surface area contributed by atoms with Crippen LogP contribution in [0.1, 0.15) is 57.1 Å². The molecule has 0 atom stereocenters. The quantitative estimate of drug-likeness (QED) is 0.743. The van der Waals surface area contributed by atoms with Crippen molar-refractivity contribution in [3.63, 3.8) is 0 Å². The first kappa shape index (κ1) is 14.1. The maximum atomic E-state index is 11.7. The Balaban J connectivity index is 1.49. The Bertz CT molecular complexity index is 355. The van der Waals surface area contributed by atoms with Crippen LogP contribution in [0.2, 0.25) is 0 Å². The van der Waals surface area contributed by atoms with Crippen molar-refractivity contribution in [3.05, 3.63) is 18.2 Å². The normalized spacial score (nSPS) is 16.4. The predicted molar refractivity (Wildman–Crippen MR) is 75.7 cm³/mol. The predicted octanol–water partition coefficient (Wildman–Crippen LogP) is 2.82. The molecule has 0 radical (unpaired) electrons. The lowest BCUT2D eigenvalue weighted by atomic mass is 9.86. The van der Waals surface area contributed by atoms with Crippen molar-refractivity contribution in [2.75, 3.05) is 6.54 Å². The van der Waals surface area contributed by atoms with Gasteiger partial charge in [0.1, 0.15) is 0 Å². The topological polar surface area (TPSA) is 57.8 Å². The number of rotatable bonds is 7. The molecule has 1 aliphatic carbocycles. The molecule has 0 bridgehead atoms. The Kier molecular flexibility index (Phi) is 5.92. The van der Waals surface area contributed by atoms with E-state index in [0.717, 1.165) is 37.4 Å². The van der Waals surface area contributed by atoms with Gasteiger partial charge in [-0.1, -0.05) is 32.1 Å². The minimum atomic E-state index is 0.215. The van der Waals surface area contributed by atoms with E-state index in [9.17, 15) is 4.79 Å². The average molecular weight is 263 g/mol. The zero-order chi connectivity index (χ0) is 13.3. The van der Waals surface area contributed by atoms with Gasteiger partial charge in [0, 0.05) is 19.2 Å². The molecule has 1 heterocycles. The average Bonchev–Trinajstić information content (AvgIpc) is 2.96. The highest BCUT2D eigenvalue weighted by Gasteiger charge is 2.14. The number of amides is 1. The van der Waals surface area contributed by atoms with Crippen molar-refractivity contribution >= 4 is 5.91 Å². The largest absolute Gasteiger partial charge is 0.356 e. The second-order valence-electron chi connectivity index (χ2n) is 5.56. The Morgan fingerprint density at radius 3 is 2.95 bits per heavy atom. The smallest absolute Gasteiger partial charge is 0.220 e. The summed E-state index contributed by atoms with van der Waals surface area (Å²) in [6.45, 7) is 0.760. The van der Waals surface area contributed by atoms with E-state index in [1.165, 1.54) is 32.1 Å². The summed E-state index contributed by atoms with van der Waals surface area (Å²) in [4.78, 5) is 18.8. The van der Waals surface area contributed by atoms with E-state index >= 15 is 0 Å². The summed E-state index contributed by atoms with van der Waals surface area (Å²) in [5.41, 5.74) is 1.07. The molecule has 1 aliphatic rings. The van der Waals surface area contributed by atoms with E-state index in [0.29, 0.717) is 6.42 Å². The van der Waals surface area contributed by atoms with Crippen LogP contribution in [0.15, 0.2) is 12.5 Å². The zero-order valence-corrected chi connectivity index (χ0v) is 11.7. The standard InChI is InChI=1S/C15H25N3O/c19-15(9-8-13-5-2-1-3-6-13)17-10-4-7-14-11-16-12-18-14/h11-13H,1-10H2,(H,16,18)(H,17,19). The summed E-state index contributed by atoms with van der Waals surface area (Å²) in [7, 11) is 0. The van der Waals surface area contributed by atoms with Crippen LogP contribution in [0.4, 0.5) is 0 Å². The molecular formula is C15H25N3O. The Morgan fingerprint density at radius 2 is 2.21 bits per heavy atom. The van der Waals surface area contributed by atoms with Crippen LogP contribution >= 0.6 is 0 Å². The number of carbonyl (C=O) groups excluding carboxylic acids is 1. The number of H-pyrrole nitrogens is 1. The fourth-order valence-electron chi connectivity index (χ4n) is 2.82. The molecule has 0 aromatic carbocycles. The van der Waals surface area contributed by atoms with Crippen molar-refractivity contribution < 1.29 is 4.79 Å². The van der Waals surface area contributed by atoms with Gasteiger partial charge in [0.15, 0.2) is 0 Å². The van der Waals surface area contributed by atoms with Gasteiger partial charge in [0.25, 0.3) is 0 Å². The number of aromatic nitrogens is 2. The SMILES string of the molecule is O=C(CCC1CCCCC1)NCCCc1c[nH]cn1. The molecule has 1 aromatic rings. The number of hydrogen-bond donors (Lipinski definition) is 2. The molecule has 106 valence electrons. The number of aryl methyl sites for hydroxylation is 1. The second-order valence-corrected chi connectivity index (χ2v) is 5.56. The fraction of sp³-hybridized carbons (Fsp3) is 0.733. The molecule has 1 saturated carbocycles. The Morgan fingerprint density at radius 1 is 1.37 bits per heavy atom. The molecule has 0 unspecified atom stereocenters. The van der Waals surface area contributed by atoms with E-state index in [1.807, 2.05) is 6.20 Å². The van der Waals surface area contributed by atoms with E-state index in [4.69, 9.17) is 0 Å². The molecule has 1 aromatic heterocycles. The van der Waals surface area contributed by atoms with Crippen LogP contribution in [-0.4, -0.2) is 22.4 Å². The van der Waals surface area contributed by atoms with Gasteiger partial charge in [-0.2, -0.15) is 0 Å². The van der Waals surface area contributed by atoms with Crippen LogP contribution in [0.3, 0.4) is 0 Å². The maximum absolute atomic E-state index is 11.7. The Labute approximate surface area is 115 Å². The van der Waals surface area contributed by atoms with Crippen LogP contribution in [0, 0.1) is 5.92 Å². The van der Waals surface area contributed by atoms with E-state index in [1.54, 1.807) is 6.33 Å². The molecule has 0 aliphatic heterocycles. The minimum Gasteiger partial charge on any atom is -0.356 e. The lowest BCUT2D eigenvalue weighted by Gasteiger charge is -2.20. The van der Waals surface area contributed by atoms with Gasteiger partial charge >= 0.3 is 0 Å². The third kappa shape index (κ3) is 5.45. The van der Waals surface area contributed by atoms with Crippen molar-refractivity contribution in [1.29, 1.82) is 0 Å². The summed E-state index contributed by atoms with van der Waals surface area (Å²) in [5, 5.41) is 3.01. The highest BCUT2D eigenvalue weighted by molar-refractivity contribution is 5.75. The lowest BCUT2D eigenvalue weighted by Crippen LogP contribution is -2.25. The molecular weight excluding hydrogens is 238 g/mol. The van der Waals surface area contributed by atoms with Gasteiger partial charge < -0.3 is 10.3 Å². The molecule has 19 heavy (non-hydrogen) atoms. The Hall–Kier alpha value is -1.32. The van der Waals surface area contributed by atoms with E-state index in [2.05, 4.69) is 15.3 Å². The van der Waals surface area contributed by atoms with Gasteiger partial charge in [-0.15, -0.1) is 0 Å². The molecule has 0 saturated heterocycles. The molecule has 2 rings (SSSR count). The van der Waals surface area contributed by atoms with Crippen molar-refractivity contribution in [2.45, 2.75) is 57.8 Å². The number of aromatic amines is 1. The maximum Gasteiger partial charge on any atom is 0.220 e. The van der Waals surface area contributed by atoms with Crippen molar-refractivity contribution in [3.8, 4) is 0 Å². The van der Waals surface area contributed by atoms with Gasteiger partial charge in [-0.3, -0.25) is 4.79 Å². The third-order valence-corrected chi connectivity index (χ3v) is 3.99. The second kappa shape index (κ2) is 7.97. The number of imidazole rings is 1. The first-order chi connectivity index (χ1) is 9.34. The first-order valence-electron chi connectivity index (χ1n) is 7.59. The third-order valence-electron chi connectivity index (χ3n) is 3.99. The van der Waals surface area contributed by atoms with Crippen LogP contribution < -0.4 is 5.32 Å². The first-order valence-corrected chi connectivity index (χ1v) is 7.59. The van der Waals surface area contributed by atoms with Gasteiger partial charge in [0.05, 0.1) is 12.0 Å². The highest BCUT2D eigenvalue weighted by Crippen LogP contribution is 2.27. The van der Waals surface area contributed by atoms with Crippen LogP contribution in [0.5, 0.6) is 0 Å². The minimum absolute atomic E-state index is 0.215. The molecule has 1 amide bonds. The summed E-state index contributed by atoms with van der Waals surface area (Å²) < 4.78 is 0. The summed E-state index contributed by atoms with van der Waals surface area (Å²) >= 11 is 0. The van der Waals surface area contributed by atoms with Gasteiger partial charge in [-0.05, 0) is 25.2 Å². The van der Waals surface area contributed by atoms with Gasteiger partial charge in [-0.25, -0.2) is 4.98 Å². The van der Waals surface area contributed by atoms with Crippen LogP contribution in [-0.2, 0) is 11.2 Å². The zero-order valence-electron chi connectivity index (χ0n) is 11.7. The molecule has 2 N–H and O–H groups in total. The number of nitrogens with one attached hydrogen (secondary N) is 2. The molecule has 0 spiro atoms. The summed E-state index contributed by atoms with van der Waals surface area (Å²) in [5.74, 6) is 1.01. The lowest BCUT2D eigenvalue weighted by molar-refractivity contribution is -0.121. The summed E-state index contributed by atoms with van der Waals surface area (Å²) in [6.07, 6.45) is 14.0. The monoisotopic (exact) mass is 263 g/mol. The van der Waals surface area contributed by atoms with Gasteiger partial charge in [0.2, 0.25) is 5.91 Å². The summed E-state index contributed by atoms with van der Waals surface area (Å²) in [6, 6.07) is 0. The molecule has 1 fully saturated rings. The van der Waals surface area contributed by atoms with Crippen molar-refractivity contribution in [1.82, 2.24) is 15.3 Å². The molecule has 4 nitrogen and oxygen atoms in total. The van der Waals surface area contributed by atoms with Crippen LogP contribution in [0.25, 0.3) is 0 Å². The van der Waals surface area contributed by atoms with E-state index < -0.39 is 0 Å². The van der Waals surface area contributed by atoms with Crippen molar-refractivity contribution in [2.24, 2.45) is 5.92 Å².